The number of aromatic nitrogens is 1. The van der Waals surface area contributed by atoms with Gasteiger partial charge in [-0.15, -0.1) is 11.3 Å². The Labute approximate surface area is 118 Å². The van der Waals surface area contributed by atoms with Gasteiger partial charge in [0.1, 0.15) is 0 Å². The Kier molecular flexibility index (Phi) is 3.16. The molecule has 0 spiro atoms. The SMILES string of the molecule is NC(c1cc(Br)cs1)c1cccc2ncccc12. The van der Waals surface area contributed by atoms with Crippen LogP contribution in [0.4, 0.5) is 0 Å². The molecule has 0 aliphatic heterocycles. The predicted octanol–water partition coefficient (Wildman–Crippen LogP) is 4.11. The van der Waals surface area contributed by atoms with E-state index in [0.29, 0.717) is 0 Å². The summed E-state index contributed by atoms with van der Waals surface area (Å²) >= 11 is 5.13. The first-order chi connectivity index (χ1) is 8.75. The van der Waals surface area contributed by atoms with Crippen LogP contribution in [0.15, 0.2) is 52.4 Å². The van der Waals surface area contributed by atoms with Crippen molar-refractivity contribution in [2.75, 3.05) is 0 Å². The van der Waals surface area contributed by atoms with Crippen LogP contribution >= 0.6 is 27.3 Å². The zero-order valence-corrected chi connectivity index (χ0v) is 11.9. The van der Waals surface area contributed by atoms with Gasteiger partial charge in [0, 0.05) is 26.3 Å². The summed E-state index contributed by atoms with van der Waals surface area (Å²) in [5, 5.41) is 3.18. The fraction of sp³-hybridized carbons (Fsp3) is 0.0714. The zero-order chi connectivity index (χ0) is 12.5. The molecule has 2 nitrogen and oxygen atoms in total. The van der Waals surface area contributed by atoms with Crippen molar-refractivity contribution >= 4 is 38.2 Å². The molecule has 2 N–H and O–H groups in total. The summed E-state index contributed by atoms with van der Waals surface area (Å²) in [4.78, 5) is 5.51. The number of hydrogen-bond donors (Lipinski definition) is 1. The van der Waals surface area contributed by atoms with E-state index < -0.39 is 0 Å². The summed E-state index contributed by atoms with van der Waals surface area (Å²) in [6.07, 6.45) is 1.80. The van der Waals surface area contributed by atoms with Crippen LogP contribution in [0.5, 0.6) is 0 Å². The number of nitrogens with zero attached hydrogens (tertiary/aromatic N) is 1. The van der Waals surface area contributed by atoms with Crippen LogP contribution in [-0.2, 0) is 0 Å². The van der Waals surface area contributed by atoms with Crippen LogP contribution in [0.1, 0.15) is 16.5 Å². The molecular formula is C14H11BrN2S. The lowest BCUT2D eigenvalue weighted by atomic mass is 10.0. The van der Waals surface area contributed by atoms with Crippen molar-refractivity contribution in [3.05, 3.63) is 62.9 Å². The second kappa shape index (κ2) is 4.80. The predicted molar refractivity (Wildman–Crippen MR) is 79.8 cm³/mol. The lowest BCUT2D eigenvalue weighted by Crippen LogP contribution is -2.10. The van der Waals surface area contributed by atoms with E-state index in [4.69, 9.17) is 5.73 Å². The molecular weight excluding hydrogens is 308 g/mol. The maximum atomic E-state index is 6.36. The number of thiophene rings is 1. The fourth-order valence-corrected chi connectivity index (χ4v) is 3.51. The molecule has 2 heterocycles. The van der Waals surface area contributed by atoms with E-state index in [2.05, 4.69) is 44.5 Å². The average molecular weight is 319 g/mol. The summed E-state index contributed by atoms with van der Waals surface area (Å²) in [6.45, 7) is 0. The molecule has 3 aromatic rings. The van der Waals surface area contributed by atoms with Crippen molar-refractivity contribution in [3.63, 3.8) is 0 Å². The van der Waals surface area contributed by atoms with Crippen LogP contribution in [0.2, 0.25) is 0 Å². The summed E-state index contributed by atoms with van der Waals surface area (Å²) in [6, 6.07) is 12.1. The molecule has 0 amide bonds. The molecule has 18 heavy (non-hydrogen) atoms. The molecule has 0 radical (unpaired) electrons. The Balaban J connectivity index is 2.14. The number of rotatable bonds is 2. The lowest BCUT2D eigenvalue weighted by Gasteiger charge is -2.12. The highest BCUT2D eigenvalue weighted by Gasteiger charge is 2.13. The van der Waals surface area contributed by atoms with Crippen molar-refractivity contribution in [1.82, 2.24) is 4.98 Å². The Morgan fingerprint density at radius 2 is 2.11 bits per heavy atom. The fourth-order valence-electron chi connectivity index (χ4n) is 2.04. The molecule has 0 saturated heterocycles. The van der Waals surface area contributed by atoms with E-state index in [1.807, 2.05) is 18.2 Å². The van der Waals surface area contributed by atoms with Gasteiger partial charge in [0.25, 0.3) is 0 Å². The van der Waals surface area contributed by atoms with E-state index in [0.717, 1.165) is 25.8 Å². The first-order valence-electron chi connectivity index (χ1n) is 5.59. The Morgan fingerprint density at radius 3 is 2.89 bits per heavy atom. The van der Waals surface area contributed by atoms with Gasteiger partial charge < -0.3 is 5.73 Å². The molecule has 0 saturated carbocycles. The quantitative estimate of drug-likeness (QED) is 0.772. The monoisotopic (exact) mass is 318 g/mol. The molecule has 1 unspecified atom stereocenters. The third-order valence-corrected chi connectivity index (χ3v) is 4.69. The molecule has 3 rings (SSSR count). The summed E-state index contributed by atoms with van der Waals surface area (Å²) < 4.78 is 1.08. The molecule has 0 fully saturated rings. The van der Waals surface area contributed by atoms with Crippen molar-refractivity contribution in [3.8, 4) is 0 Å². The molecule has 1 aromatic carbocycles. The van der Waals surface area contributed by atoms with E-state index >= 15 is 0 Å². The van der Waals surface area contributed by atoms with E-state index in [9.17, 15) is 0 Å². The van der Waals surface area contributed by atoms with Crippen molar-refractivity contribution < 1.29 is 0 Å². The number of hydrogen-bond acceptors (Lipinski definition) is 3. The van der Waals surface area contributed by atoms with E-state index in [-0.39, 0.29) is 6.04 Å². The van der Waals surface area contributed by atoms with Gasteiger partial charge in [-0.3, -0.25) is 4.98 Å². The average Bonchev–Trinajstić information content (AvgIpc) is 2.84. The second-order valence-corrected chi connectivity index (χ2v) is 5.92. The highest BCUT2D eigenvalue weighted by Crippen LogP contribution is 2.31. The first kappa shape index (κ1) is 11.8. The molecule has 2 aromatic heterocycles. The minimum absolute atomic E-state index is 0.103. The van der Waals surface area contributed by atoms with Gasteiger partial charge in [-0.1, -0.05) is 18.2 Å². The van der Waals surface area contributed by atoms with E-state index in [1.54, 1.807) is 17.5 Å². The number of halogens is 1. The minimum Gasteiger partial charge on any atom is -0.320 e. The molecule has 4 heteroatoms. The van der Waals surface area contributed by atoms with Crippen LogP contribution in [0, 0.1) is 0 Å². The van der Waals surface area contributed by atoms with Gasteiger partial charge in [0.05, 0.1) is 11.6 Å². The van der Waals surface area contributed by atoms with Crippen molar-refractivity contribution in [2.24, 2.45) is 5.73 Å². The van der Waals surface area contributed by atoms with Gasteiger partial charge in [-0.2, -0.15) is 0 Å². The number of nitrogens with two attached hydrogens (primary N) is 1. The third kappa shape index (κ3) is 2.07. The highest BCUT2D eigenvalue weighted by molar-refractivity contribution is 9.10. The summed E-state index contributed by atoms with van der Waals surface area (Å²) in [7, 11) is 0. The van der Waals surface area contributed by atoms with Gasteiger partial charge in [-0.25, -0.2) is 0 Å². The van der Waals surface area contributed by atoms with Crippen LogP contribution in [-0.4, -0.2) is 4.98 Å². The van der Waals surface area contributed by atoms with E-state index in [1.165, 1.54) is 0 Å². The highest BCUT2D eigenvalue weighted by atomic mass is 79.9. The number of pyridine rings is 1. The maximum absolute atomic E-state index is 6.36. The standard InChI is InChI=1S/C14H11BrN2S/c15-9-7-13(18-8-9)14(16)11-3-1-5-12-10(11)4-2-6-17-12/h1-8,14H,16H2. The maximum Gasteiger partial charge on any atom is 0.0705 e. The zero-order valence-electron chi connectivity index (χ0n) is 9.51. The van der Waals surface area contributed by atoms with Crippen LogP contribution in [0.25, 0.3) is 10.9 Å². The smallest absolute Gasteiger partial charge is 0.0705 e. The Morgan fingerprint density at radius 1 is 1.22 bits per heavy atom. The Bertz CT molecular complexity index is 688. The first-order valence-corrected chi connectivity index (χ1v) is 7.26. The summed E-state index contributed by atoms with van der Waals surface area (Å²) in [5.41, 5.74) is 8.46. The molecule has 0 bridgehead atoms. The topological polar surface area (TPSA) is 38.9 Å². The van der Waals surface area contributed by atoms with Gasteiger partial charge in [-0.05, 0) is 39.7 Å². The molecule has 1 atom stereocenters. The number of benzene rings is 1. The summed E-state index contributed by atoms with van der Waals surface area (Å²) in [5.74, 6) is 0. The third-order valence-electron chi connectivity index (χ3n) is 2.91. The van der Waals surface area contributed by atoms with Gasteiger partial charge in [0.2, 0.25) is 0 Å². The van der Waals surface area contributed by atoms with Crippen molar-refractivity contribution in [1.29, 1.82) is 0 Å². The van der Waals surface area contributed by atoms with Crippen molar-refractivity contribution in [2.45, 2.75) is 6.04 Å². The van der Waals surface area contributed by atoms with Gasteiger partial charge >= 0.3 is 0 Å². The normalized spacial score (nSPS) is 12.8. The molecule has 0 aliphatic rings. The Hall–Kier alpha value is -1.23. The molecule has 90 valence electrons. The van der Waals surface area contributed by atoms with Crippen LogP contribution < -0.4 is 5.73 Å². The van der Waals surface area contributed by atoms with Gasteiger partial charge in [0.15, 0.2) is 0 Å². The lowest BCUT2D eigenvalue weighted by molar-refractivity contribution is 0.902. The minimum atomic E-state index is -0.103. The number of fused-ring (bicyclic) bond motifs is 1. The van der Waals surface area contributed by atoms with Crippen LogP contribution in [0.3, 0.4) is 0 Å². The molecule has 0 aliphatic carbocycles. The largest absolute Gasteiger partial charge is 0.320 e. The second-order valence-electron chi connectivity index (χ2n) is 4.06.